The quantitative estimate of drug-likeness (QED) is 0.314. The van der Waals surface area contributed by atoms with E-state index in [0.29, 0.717) is 5.88 Å². The van der Waals surface area contributed by atoms with Gasteiger partial charge in [0.15, 0.2) is 0 Å². The van der Waals surface area contributed by atoms with Crippen molar-refractivity contribution in [2.75, 3.05) is 7.11 Å². The third-order valence-corrected chi connectivity index (χ3v) is 6.32. The number of hydrogen-bond acceptors (Lipinski definition) is 5. The molecule has 0 spiro atoms. The standard InChI is InChI=1S/C24H29N3OS/c1-7-8-9-19-16(3)12-17(4)22(25-5)24(19)29-14-18-10-15(2)11-20-23(18)26-13-21(27-20)28-6/h10-13H,5,7-9,14H2,1-4,6H3. The first-order chi connectivity index (χ1) is 14.0. The van der Waals surface area contributed by atoms with Crippen molar-refractivity contribution in [2.45, 2.75) is 57.6 Å². The van der Waals surface area contributed by atoms with Gasteiger partial charge in [-0.1, -0.05) is 25.5 Å². The number of nitrogens with zero attached hydrogens (tertiary/aromatic N) is 3. The fourth-order valence-corrected chi connectivity index (χ4v) is 5.01. The van der Waals surface area contributed by atoms with Gasteiger partial charge in [0, 0.05) is 10.6 Å². The zero-order valence-electron chi connectivity index (χ0n) is 18.0. The average molecular weight is 408 g/mol. The van der Waals surface area contributed by atoms with Crippen LogP contribution in [0.25, 0.3) is 11.0 Å². The first-order valence-electron chi connectivity index (χ1n) is 10.0. The summed E-state index contributed by atoms with van der Waals surface area (Å²) in [5.74, 6) is 1.35. The van der Waals surface area contributed by atoms with Crippen LogP contribution < -0.4 is 4.74 Å². The molecule has 0 N–H and O–H groups in total. The Labute approximate surface area is 177 Å². The molecule has 0 aliphatic rings. The molecule has 3 aromatic rings. The predicted molar refractivity (Wildman–Crippen MR) is 124 cm³/mol. The molecular formula is C24H29N3OS. The molecule has 0 atom stereocenters. The molecule has 2 aromatic carbocycles. The van der Waals surface area contributed by atoms with Crippen LogP contribution in [0.15, 0.2) is 34.3 Å². The van der Waals surface area contributed by atoms with Gasteiger partial charge in [-0.3, -0.25) is 4.99 Å². The molecule has 29 heavy (non-hydrogen) atoms. The molecule has 5 heteroatoms. The van der Waals surface area contributed by atoms with E-state index in [1.54, 1.807) is 13.3 Å². The lowest BCUT2D eigenvalue weighted by molar-refractivity contribution is 0.397. The molecule has 152 valence electrons. The molecule has 0 saturated heterocycles. The van der Waals surface area contributed by atoms with Crippen LogP contribution in [0.5, 0.6) is 5.88 Å². The Morgan fingerprint density at radius 2 is 1.93 bits per heavy atom. The minimum Gasteiger partial charge on any atom is -0.480 e. The molecule has 1 heterocycles. The second-order valence-electron chi connectivity index (χ2n) is 7.42. The molecule has 0 bridgehead atoms. The van der Waals surface area contributed by atoms with Crippen molar-refractivity contribution >= 4 is 35.2 Å². The molecule has 4 nitrogen and oxygen atoms in total. The van der Waals surface area contributed by atoms with Gasteiger partial charge in [-0.25, -0.2) is 9.97 Å². The summed E-state index contributed by atoms with van der Waals surface area (Å²) in [6.07, 6.45) is 5.10. The zero-order valence-corrected chi connectivity index (χ0v) is 18.8. The number of aromatic nitrogens is 2. The topological polar surface area (TPSA) is 47.4 Å². The van der Waals surface area contributed by atoms with Crippen LogP contribution in [0.2, 0.25) is 0 Å². The Hall–Kier alpha value is -2.40. The number of aryl methyl sites for hydroxylation is 3. The number of ether oxygens (including phenoxy) is 1. The van der Waals surface area contributed by atoms with E-state index in [0.717, 1.165) is 28.9 Å². The van der Waals surface area contributed by atoms with Crippen molar-refractivity contribution in [3.8, 4) is 5.88 Å². The Kier molecular flexibility index (Phi) is 6.91. The third kappa shape index (κ3) is 4.61. The number of hydrogen-bond donors (Lipinski definition) is 0. The summed E-state index contributed by atoms with van der Waals surface area (Å²) in [4.78, 5) is 14.8. The third-order valence-electron chi connectivity index (χ3n) is 5.14. The molecule has 0 aliphatic heterocycles. The molecule has 0 amide bonds. The SMILES string of the molecule is C=Nc1c(C)cc(C)c(CCCC)c1SCc1cc(C)cc2nc(OC)cnc12. The van der Waals surface area contributed by atoms with Gasteiger partial charge >= 0.3 is 0 Å². The Morgan fingerprint density at radius 1 is 1.14 bits per heavy atom. The van der Waals surface area contributed by atoms with Crippen molar-refractivity contribution in [2.24, 2.45) is 4.99 Å². The van der Waals surface area contributed by atoms with E-state index in [4.69, 9.17) is 4.74 Å². The van der Waals surface area contributed by atoms with Crippen molar-refractivity contribution in [1.82, 2.24) is 9.97 Å². The lowest BCUT2D eigenvalue weighted by Gasteiger charge is -2.17. The Bertz CT molecular complexity index is 1050. The molecular weight excluding hydrogens is 378 g/mol. The minimum atomic E-state index is 0.538. The van der Waals surface area contributed by atoms with Gasteiger partial charge in [0.2, 0.25) is 5.88 Å². The fraction of sp³-hybridized carbons (Fsp3) is 0.375. The van der Waals surface area contributed by atoms with Gasteiger partial charge in [0.05, 0.1) is 30.0 Å². The predicted octanol–water partition coefficient (Wildman–Crippen LogP) is 6.53. The van der Waals surface area contributed by atoms with Crippen LogP contribution in [-0.4, -0.2) is 23.8 Å². The maximum absolute atomic E-state index is 5.24. The van der Waals surface area contributed by atoms with Gasteiger partial charge in [0.25, 0.3) is 0 Å². The summed E-state index contributed by atoms with van der Waals surface area (Å²) >= 11 is 1.83. The summed E-state index contributed by atoms with van der Waals surface area (Å²) < 4.78 is 5.24. The van der Waals surface area contributed by atoms with Gasteiger partial charge in [0.1, 0.15) is 0 Å². The minimum absolute atomic E-state index is 0.538. The normalized spacial score (nSPS) is 11.1. The van der Waals surface area contributed by atoms with E-state index >= 15 is 0 Å². The van der Waals surface area contributed by atoms with Gasteiger partial charge in [-0.05, 0) is 74.2 Å². The molecule has 3 rings (SSSR count). The highest BCUT2D eigenvalue weighted by atomic mass is 32.2. The maximum Gasteiger partial charge on any atom is 0.232 e. The molecule has 0 aliphatic carbocycles. The van der Waals surface area contributed by atoms with E-state index in [1.807, 2.05) is 11.8 Å². The Balaban J connectivity index is 2.02. The molecule has 0 radical (unpaired) electrons. The van der Waals surface area contributed by atoms with E-state index in [9.17, 15) is 0 Å². The van der Waals surface area contributed by atoms with E-state index < -0.39 is 0 Å². The smallest absolute Gasteiger partial charge is 0.232 e. The second-order valence-corrected chi connectivity index (χ2v) is 8.41. The number of fused-ring (bicyclic) bond motifs is 1. The van der Waals surface area contributed by atoms with Crippen LogP contribution in [0, 0.1) is 20.8 Å². The lowest BCUT2D eigenvalue weighted by Crippen LogP contribution is -1.98. The van der Waals surface area contributed by atoms with Crippen molar-refractivity contribution in [1.29, 1.82) is 0 Å². The number of unbranched alkanes of at least 4 members (excludes halogenated alkanes) is 1. The lowest BCUT2D eigenvalue weighted by atomic mass is 9.99. The van der Waals surface area contributed by atoms with Crippen molar-refractivity contribution in [3.63, 3.8) is 0 Å². The first kappa shape index (κ1) is 21.3. The van der Waals surface area contributed by atoms with Crippen molar-refractivity contribution < 1.29 is 4.74 Å². The van der Waals surface area contributed by atoms with Crippen LogP contribution in [0.4, 0.5) is 5.69 Å². The van der Waals surface area contributed by atoms with Gasteiger partial charge in [-0.15, -0.1) is 11.8 Å². The summed E-state index contributed by atoms with van der Waals surface area (Å²) in [6, 6.07) is 6.49. The molecule has 0 fully saturated rings. The first-order valence-corrected chi connectivity index (χ1v) is 11.0. The number of thioether (sulfide) groups is 1. The monoisotopic (exact) mass is 407 g/mol. The molecule has 0 saturated carbocycles. The summed E-state index contributed by atoms with van der Waals surface area (Å²) in [6.45, 7) is 12.5. The van der Waals surface area contributed by atoms with Gasteiger partial charge in [-0.2, -0.15) is 0 Å². The van der Waals surface area contributed by atoms with E-state index in [-0.39, 0.29) is 0 Å². The molecule has 0 unspecified atom stereocenters. The highest BCUT2D eigenvalue weighted by Gasteiger charge is 2.16. The summed E-state index contributed by atoms with van der Waals surface area (Å²) in [5.41, 5.74) is 9.07. The van der Waals surface area contributed by atoms with Crippen molar-refractivity contribution in [3.05, 3.63) is 52.2 Å². The van der Waals surface area contributed by atoms with Crippen LogP contribution in [0.3, 0.4) is 0 Å². The highest BCUT2D eigenvalue weighted by molar-refractivity contribution is 7.98. The Morgan fingerprint density at radius 3 is 2.62 bits per heavy atom. The highest BCUT2D eigenvalue weighted by Crippen LogP contribution is 2.40. The zero-order chi connectivity index (χ0) is 21.0. The fourth-order valence-electron chi connectivity index (χ4n) is 3.69. The van der Waals surface area contributed by atoms with Crippen LogP contribution in [-0.2, 0) is 12.2 Å². The summed E-state index contributed by atoms with van der Waals surface area (Å²) in [7, 11) is 1.62. The van der Waals surface area contributed by atoms with Crippen LogP contribution in [0.1, 0.15) is 47.6 Å². The second kappa shape index (κ2) is 9.40. The number of aliphatic imine (C=N–C) groups is 1. The average Bonchev–Trinajstić information content (AvgIpc) is 2.70. The van der Waals surface area contributed by atoms with Crippen LogP contribution >= 0.6 is 11.8 Å². The number of rotatable bonds is 8. The van der Waals surface area contributed by atoms with E-state index in [2.05, 4.69) is 67.6 Å². The van der Waals surface area contributed by atoms with Gasteiger partial charge < -0.3 is 4.74 Å². The summed E-state index contributed by atoms with van der Waals surface area (Å²) in [5, 5.41) is 0. The maximum atomic E-state index is 5.24. The van der Waals surface area contributed by atoms with E-state index in [1.165, 1.54) is 45.6 Å². The number of methoxy groups -OCH3 is 1. The number of benzene rings is 2. The largest absolute Gasteiger partial charge is 0.480 e. The molecule has 1 aromatic heterocycles.